The number of carbonyl (C=O) groups excluding carboxylic acids is 1. The van der Waals surface area contributed by atoms with Crippen molar-refractivity contribution < 1.29 is 17.9 Å². The lowest BCUT2D eigenvalue weighted by Gasteiger charge is -2.39. The number of likely N-dealkylation sites (tertiary alicyclic amines) is 1. The molecule has 0 atom stereocenters. The van der Waals surface area contributed by atoms with Gasteiger partial charge in [0.15, 0.2) is 0 Å². The zero-order chi connectivity index (χ0) is 18.6. The van der Waals surface area contributed by atoms with E-state index in [0.717, 1.165) is 50.2 Å². The van der Waals surface area contributed by atoms with Gasteiger partial charge in [-0.3, -0.25) is 0 Å². The van der Waals surface area contributed by atoms with Gasteiger partial charge in [0.25, 0.3) is 0 Å². The molecule has 0 spiro atoms. The Morgan fingerprint density at radius 3 is 2.27 bits per heavy atom. The van der Waals surface area contributed by atoms with Crippen molar-refractivity contribution in [1.82, 2.24) is 10.2 Å². The molecule has 2 aliphatic heterocycles. The minimum absolute atomic E-state index is 0.150. The monoisotopic (exact) mass is 381 g/mol. The van der Waals surface area contributed by atoms with E-state index < -0.39 is 9.84 Å². The Balaban J connectivity index is 1.41. The average molecular weight is 381 g/mol. The van der Waals surface area contributed by atoms with E-state index in [1.54, 1.807) is 31.4 Å². The zero-order valence-corrected chi connectivity index (χ0v) is 15.9. The molecule has 0 bridgehead atoms. The normalized spacial score (nSPS) is 21.9. The Morgan fingerprint density at radius 2 is 1.69 bits per heavy atom. The molecular formula is C18H27N3O4S. The topological polar surface area (TPSA) is 87.7 Å². The highest BCUT2D eigenvalue weighted by Crippen LogP contribution is 2.22. The van der Waals surface area contributed by atoms with Gasteiger partial charge in [-0.15, -0.1) is 0 Å². The lowest BCUT2D eigenvalue weighted by atomic mass is 10.0. The van der Waals surface area contributed by atoms with Crippen LogP contribution in [-0.2, 0) is 9.84 Å². The summed E-state index contributed by atoms with van der Waals surface area (Å²) in [6.45, 7) is 1.80. The van der Waals surface area contributed by atoms with E-state index in [0.29, 0.717) is 17.5 Å². The van der Waals surface area contributed by atoms with E-state index in [-0.39, 0.29) is 12.1 Å². The first-order valence-corrected chi connectivity index (χ1v) is 10.9. The van der Waals surface area contributed by atoms with Crippen molar-refractivity contribution in [3.8, 4) is 5.75 Å². The van der Waals surface area contributed by atoms with Gasteiger partial charge in [-0.1, -0.05) is 0 Å². The SMILES string of the molecule is COc1ccc(NC(=O)NC2CCN(C3CCS(=O)(=O)CC3)CC2)cc1. The minimum atomic E-state index is -2.82. The molecule has 2 N–H and O–H groups in total. The van der Waals surface area contributed by atoms with Gasteiger partial charge in [-0.2, -0.15) is 0 Å². The second-order valence-electron chi connectivity index (χ2n) is 7.02. The fourth-order valence-corrected chi connectivity index (χ4v) is 5.15. The number of urea groups is 1. The van der Waals surface area contributed by atoms with Crippen molar-refractivity contribution in [3.05, 3.63) is 24.3 Å². The number of hydrogen-bond donors (Lipinski definition) is 2. The molecule has 2 heterocycles. The number of piperidine rings is 1. The van der Waals surface area contributed by atoms with Crippen LogP contribution in [0.3, 0.4) is 0 Å². The van der Waals surface area contributed by atoms with Crippen LogP contribution < -0.4 is 15.4 Å². The Morgan fingerprint density at radius 1 is 1.08 bits per heavy atom. The standard InChI is InChI=1S/C18H27N3O4S/c1-25-17-4-2-14(3-5-17)19-18(22)20-15-6-10-21(11-7-15)16-8-12-26(23,24)13-9-16/h2-5,15-16H,6-13H2,1H3,(H2,19,20,22). The molecule has 144 valence electrons. The predicted molar refractivity (Wildman–Crippen MR) is 101 cm³/mol. The third-order valence-electron chi connectivity index (χ3n) is 5.25. The third-order valence-corrected chi connectivity index (χ3v) is 6.97. The van der Waals surface area contributed by atoms with Crippen LogP contribution in [-0.4, -0.2) is 63.1 Å². The molecule has 0 saturated carbocycles. The average Bonchev–Trinajstić information content (AvgIpc) is 2.63. The largest absolute Gasteiger partial charge is 0.497 e. The first-order valence-electron chi connectivity index (χ1n) is 9.11. The van der Waals surface area contributed by atoms with E-state index in [2.05, 4.69) is 15.5 Å². The van der Waals surface area contributed by atoms with Gasteiger partial charge in [-0.05, 0) is 49.9 Å². The number of sulfone groups is 1. The number of carbonyl (C=O) groups is 1. The Labute approximate surface area is 155 Å². The van der Waals surface area contributed by atoms with Gasteiger partial charge in [0, 0.05) is 30.9 Å². The smallest absolute Gasteiger partial charge is 0.319 e. The van der Waals surface area contributed by atoms with Crippen LogP contribution in [0.15, 0.2) is 24.3 Å². The number of rotatable bonds is 4. The van der Waals surface area contributed by atoms with Crippen LogP contribution in [0, 0.1) is 0 Å². The number of benzene rings is 1. The Kier molecular flexibility index (Phi) is 6.03. The molecule has 2 aliphatic rings. The summed E-state index contributed by atoms with van der Waals surface area (Å²) < 4.78 is 28.2. The molecule has 2 amide bonds. The molecule has 1 aromatic carbocycles. The first-order chi connectivity index (χ1) is 12.4. The maximum atomic E-state index is 12.2. The number of nitrogens with zero attached hydrogens (tertiary/aromatic N) is 1. The molecule has 0 aromatic heterocycles. The molecule has 26 heavy (non-hydrogen) atoms. The van der Waals surface area contributed by atoms with Gasteiger partial charge in [0.05, 0.1) is 18.6 Å². The number of methoxy groups -OCH3 is 1. The van der Waals surface area contributed by atoms with E-state index >= 15 is 0 Å². The van der Waals surface area contributed by atoms with Crippen LogP contribution in [0.25, 0.3) is 0 Å². The van der Waals surface area contributed by atoms with Crippen molar-refractivity contribution in [2.75, 3.05) is 37.0 Å². The fourth-order valence-electron chi connectivity index (χ4n) is 3.68. The number of anilines is 1. The lowest BCUT2D eigenvalue weighted by Crippen LogP contribution is -2.50. The Hall–Kier alpha value is -1.80. The van der Waals surface area contributed by atoms with Crippen molar-refractivity contribution in [1.29, 1.82) is 0 Å². The summed E-state index contributed by atoms with van der Waals surface area (Å²) in [7, 11) is -1.21. The lowest BCUT2D eigenvalue weighted by molar-refractivity contribution is 0.136. The van der Waals surface area contributed by atoms with Gasteiger partial charge >= 0.3 is 6.03 Å². The molecule has 0 radical (unpaired) electrons. The van der Waals surface area contributed by atoms with Gasteiger partial charge in [0.2, 0.25) is 0 Å². The van der Waals surface area contributed by atoms with Crippen molar-refractivity contribution in [3.63, 3.8) is 0 Å². The second-order valence-corrected chi connectivity index (χ2v) is 9.32. The molecular weight excluding hydrogens is 354 g/mol. The summed E-state index contributed by atoms with van der Waals surface area (Å²) >= 11 is 0. The number of amides is 2. The highest BCUT2D eigenvalue weighted by molar-refractivity contribution is 7.91. The summed E-state index contributed by atoms with van der Waals surface area (Å²) in [4.78, 5) is 14.5. The predicted octanol–water partition coefficient (Wildman–Crippen LogP) is 1.86. The summed E-state index contributed by atoms with van der Waals surface area (Å²) in [5.41, 5.74) is 0.726. The van der Waals surface area contributed by atoms with Crippen LogP contribution in [0.4, 0.5) is 10.5 Å². The number of nitrogens with one attached hydrogen (secondary N) is 2. The van der Waals surface area contributed by atoms with Gasteiger partial charge < -0.3 is 20.3 Å². The molecule has 7 nitrogen and oxygen atoms in total. The van der Waals surface area contributed by atoms with E-state index in [1.807, 2.05) is 0 Å². The van der Waals surface area contributed by atoms with Crippen LogP contribution >= 0.6 is 0 Å². The van der Waals surface area contributed by atoms with Crippen LogP contribution in [0.1, 0.15) is 25.7 Å². The highest BCUT2D eigenvalue weighted by atomic mass is 32.2. The Bertz CT molecular complexity index is 698. The third kappa shape index (κ3) is 5.11. The summed E-state index contributed by atoms with van der Waals surface area (Å²) in [5, 5.41) is 5.87. The maximum Gasteiger partial charge on any atom is 0.319 e. The van der Waals surface area contributed by atoms with Crippen LogP contribution in [0.5, 0.6) is 5.75 Å². The number of ether oxygens (including phenoxy) is 1. The highest BCUT2D eigenvalue weighted by Gasteiger charge is 2.30. The molecule has 1 aromatic rings. The summed E-state index contributed by atoms with van der Waals surface area (Å²) in [5.74, 6) is 1.36. The maximum absolute atomic E-state index is 12.2. The molecule has 0 aliphatic carbocycles. The van der Waals surface area contributed by atoms with E-state index in [9.17, 15) is 13.2 Å². The molecule has 3 rings (SSSR count). The van der Waals surface area contributed by atoms with E-state index in [1.165, 1.54) is 0 Å². The fraction of sp³-hybridized carbons (Fsp3) is 0.611. The van der Waals surface area contributed by atoms with Crippen molar-refractivity contribution >= 4 is 21.6 Å². The van der Waals surface area contributed by atoms with Gasteiger partial charge in [0.1, 0.15) is 15.6 Å². The zero-order valence-electron chi connectivity index (χ0n) is 15.1. The molecule has 2 fully saturated rings. The molecule has 2 saturated heterocycles. The minimum Gasteiger partial charge on any atom is -0.497 e. The second kappa shape index (κ2) is 8.26. The molecule has 8 heteroatoms. The number of hydrogen-bond acceptors (Lipinski definition) is 5. The van der Waals surface area contributed by atoms with Gasteiger partial charge in [-0.25, -0.2) is 13.2 Å². The molecule has 0 unspecified atom stereocenters. The van der Waals surface area contributed by atoms with Crippen molar-refractivity contribution in [2.45, 2.75) is 37.8 Å². The quantitative estimate of drug-likeness (QED) is 0.831. The van der Waals surface area contributed by atoms with Crippen molar-refractivity contribution in [2.24, 2.45) is 0 Å². The summed E-state index contributed by atoms with van der Waals surface area (Å²) in [6, 6.07) is 7.54. The first kappa shape index (κ1) is 19.0. The summed E-state index contributed by atoms with van der Waals surface area (Å²) in [6.07, 6.45) is 3.25. The van der Waals surface area contributed by atoms with Crippen LogP contribution in [0.2, 0.25) is 0 Å². The van der Waals surface area contributed by atoms with E-state index in [4.69, 9.17) is 4.74 Å².